The summed E-state index contributed by atoms with van der Waals surface area (Å²) in [5, 5.41) is 5.90. The molecule has 3 rings (SSSR count). The van der Waals surface area contributed by atoms with Crippen LogP contribution < -0.4 is 20.1 Å². The zero-order chi connectivity index (χ0) is 46.7. The fourth-order valence-electron chi connectivity index (χ4n) is 5.69. The number of ketones is 1. The molecule has 0 aliphatic heterocycles. The highest BCUT2D eigenvalue weighted by molar-refractivity contribution is 6.12. The molecule has 2 N–H and O–H groups in total. The van der Waals surface area contributed by atoms with Crippen LogP contribution in [0.3, 0.4) is 0 Å². The van der Waals surface area contributed by atoms with Crippen molar-refractivity contribution in [3.63, 3.8) is 0 Å². The van der Waals surface area contributed by atoms with Crippen molar-refractivity contribution in [2.45, 2.75) is 112 Å². The molecule has 18 nitrogen and oxygen atoms in total. The molecule has 4 amide bonds. The summed E-state index contributed by atoms with van der Waals surface area (Å²) in [6.07, 6.45) is -3.54. The minimum Gasteiger partial charge on any atom is -0.464 e. The largest absolute Gasteiger partial charge is 0.464 e. The van der Waals surface area contributed by atoms with Gasteiger partial charge in [0.2, 0.25) is 0 Å². The van der Waals surface area contributed by atoms with E-state index in [2.05, 4.69) is 10.6 Å². The van der Waals surface area contributed by atoms with E-state index in [0.29, 0.717) is 5.39 Å². The number of Topliss-reactive ketones (excluding diaryl/α,β-unsaturated/α-hetero) is 1. The Balaban J connectivity index is 1.87. The number of benzene rings is 2. The number of amides is 4. The maximum atomic E-state index is 13.4. The van der Waals surface area contributed by atoms with E-state index in [4.69, 9.17) is 32.8 Å². The second kappa shape index (κ2) is 21.6. The van der Waals surface area contributed by atoms with E-state index in [1.54, 1.807) is 65.8 Å². The van der Waals surface area contributed by atoms with Crippen LogP contribution in [-0.2, 0) is 28.5 Å². The number of carbonyl (C=O) groups excluding carboxylic acids is 7. The normalized spacial score (nSPS) is 12.6. The number of rotatable bonds is 17. The zero-order valence-corrected chi connectivity index (χ0v) is 38.0. The SMILES string of the molecule is CC(=O)c1cc2c(OC(=O)NCC[C@H](C(=O)OCC(C)C)N(C)C(=O)OC(C)(C)C)c3ccccc3c(OC(=O)NCC[C@@H](C(=O)OCC(C)C)N(C)C(=O)OC(C)(C)C)c2o1. The Morgan fingerprint density at radius 1 is 0.645 bits per heavy atom. The summed E-state index contributed by atoms with van der Waals surface area (Å²) in [5.74, 6) is -2.00. The van der Waals surface area contributed by atoms with Crippen LogP contribution in [-0.4, -0.2) is 116 Å². The Hall–Kier alpha value is -6.07. The van der Waals surface area contributed by atoms with Crippen molar-refractivity contribution in [2.75, 3.05) is 40.4 Å². The third-order valence-corrected chi connectivity index (χ3v) is 8.67. The molecule has 0 saturated heterocycles. The molecule has 342 valence electrons. The highest BCUT2D eigenvalue weighted by Crippen LogP contribution is 2.44. The third kappa shape index (κ3) is 14.8. The third-order valence-electron chi connectivity index (χ3n) is 8.67. The van der Waals surface area contributed by atoms with E-state index in [1.165, 1.54) is 27.1 Å². The van der Waals surface area contributed by atoms with Crippen LogP contribution in [0.4, 0.5) is 19.2 Å². The number of nitrogens with zero attached hydrogens (tertiary/aromatic N) is 2. The molecule has 0 aliphatic carbocycles. The molecule has 0 saturated carbocycles. The lowest BCUT2D eigenvalue weighted by Gasteiger charge is -2.29. The average Bonchev–Trinajstić information content (AvgIpc) is 3.62. The molecule has 0 fully saturated rings. The summed E-state index contributed by atoms with van der Waals surface area (Å²) in [7, 11) is 2.80. The molecule has 1 aromatic heterocycles. The highest BCUT2D eigenvalue weighted by Gasteiger charge is 2.34. The van der Waals surface area contributed by atoms with Crippen molar-refractivity contribution in [3.8, 4) is 11.5 Å². The van der Waals surface area contributed by atoms with Gasteiger partial charge in [0.15, 0.2) is 28.6 Å². The summed E-state index contributed by atoms with van der Waals surface area (Å²) >= 11 is 0. The molecule has 0 spiro atoms. The molecule has 62 heavy (non-hydrogen) atoms. The predicted molar refractivity (Wildman–Crippen MR) is 228 cm³/mol. The van der Waals surface area contributed by atoms with E-state index in [-0.39, 0.29) is 84.6 Å². The second-order valence-electron chi connectivity index (χ2n) is 17.6. The summed E-state index contributed by atoms with van der Waals surface area (Å²) in [6, 6.07) is 5.64. The Kier molecular flexibility index (Phi) is 17.5. The zero-order valence-electron chi connectivity index (χ0n) is 38.0. The maximum Gasteiger partial charge on any atom is 0.412 e. The molecule has 0 radical (unpaired) electrons. The Morgan fingerprint density at radius 2 is 1.05 bits per heavy atom. The van der Waals surface area contributed by atoms with Crippen molar-refractivity contribution >= 4 is 63.8 Å². The van der Waals surface area contributed by atoms with Gasteiger partial charge in [0.25, 0.3) is 0 Å². The fourth-order valence-corrected chi connectivity index (χ4v) is 5.69. The van der Waals surface area contributed by atoms with E-state index < -0.39 is 65.4 Å². The summed E-state index contributed by atoms with van der Waals surface area (Å²) in [6.45, 7) is 18.9. The quantitative estimate of drug-likeness (QED) is 0.0758. The van der Waals surface area contributed by atoms with Crippen molar-refractivity contribution in [1.29, 1.82) is 0 Å². The smallest absolute Gasteiger partial charge is 0.412 e. The van der Waals surface area contributed by atoms with Crippen molar-refractivity contribution in [2.24, 2.45) is 11.8 Å². The molecule has 0 aliphatic rings. The minimum absolute atomic E-state index is 0.0243. The molecular formula is C44H62N4O14. The molecule has 2 atom stereocenters. The first-order valence-corrected chi connectivity index (χ1v) is 20.4. The number of carbonyl (C=O) groups is 7. The van der Waals surface area contributed by atoms with Crippen molar-refractivity contribution in [3.05, 3.63) is 36.1 Å². The molecule has 1 heterocycles. The average molecular weight is 871 g/mol. The number of hydrogen-bond acceptors (Lipinski definition) is 14. The van der Waals surface area contributed by atoms with Gasteiger partial charge in [-0.2, -0.15) is 0 Å². The maximum absolute atomic E-state index is 13.4. The fraction of sp³-hybridized carbons (Fsp3) is 0.568. The molecule has 18 heteroatoms. The molecule has 3 aromatic rings. The summed E-state index contributed by atoms with van der Waals surface area (Å²) in [4.78, 5) is 93.5. The first kappa shape index (κ1) is 50.3. The number of hydrogen-bond donors (Lipinski definition) is 2. The number of esters is 2. The van der Waals surface area contributed by atoms with Gasteiger partial charge in [0.1, 0.15) is 23.3 Å². The van der Waals surface area contributed by atoms with Crippen LogP contribution in [0.5, 0.6) is 11.5 Å². The van der Waals surface area contributed by atoms with E-state index in [1.807, 2.05) is 27.7 Å². The van der Waals surface area contributed by atoms with Gasteiger partial charge in [-0.1, -0.05) is 52.0 Å². The lowest BCUT2D eigenvalue weighted by molar-refractivity contribution is -0.151. The lowest BCUT2D eigenvalue weighted by atomic mass is 10.1. The van der Waals surface area contributed by atoms with E-state index >= 15 is 0 Å². The highest BCUT2D eigenvalue weighted by atomic mass is 16.6. The standard InChI is InChI=1S/C44H62N4O14/c1-25(2)23-56-37(50)31(47(12)41(54)61-43(6,7)8)18-20-45-39(52)59-34-28-16-14-15-17-29(28)35(36-30(34)22-33(58-36)27(5)49)60-40(53)46-21-19-32(38(51)57-24-26(3)4)48(13)42(55)62-44(9,10)11/h14-17,22,25-26,31-32H,18-21,23-24H2,1-13H3,(H,45,52)(H,46,53)/t31-,32+/m1/s1. The van der Waals surface area contributed by atoms with Gasteiger partial charge in [0.05, 0.1) is 18.6 Å². The number of nitrogens with one attached hydrogen (secondary N) is 2. The van der Waals surface area contributed by atoms with Crippen LogP contribution in [0.25, 0.3) is 21.7 Å². The van der Waals surface area contributed by atoms with Crippen LogP contribution in [0, 0.1) is 11.8 Å². The molecule has 2 aromatic carbocycles. The van der Waals surface area contributed by atoms with Crippen LogP contribution >= 0.6 is 0 Å². The number of furan rings is 1. The minimum atomic E-state index is -1.11. The van der Waals surface area contributed by atoms with Gasteiger partial charge in [-0.25, -0.2) is 28.8 Å². The van der Waals surface area contributed by atoms with E-state index in [0.717, 1.165) is 9.80 Å². The monoisotopic (exact) mass is 870 g/mol. The van der Waals surface area contributed by atoms with Gasteiger partial charge < -0.3 is 43.5 Å². The van der Waals surface area contributed by atoms with Gasteiger partial charge >= 0.3 is 36.3 Å². The van der Waals surface area contributed by atoms with E-state index in [9.17, 15) is 33.6 Å². The van der Waals surface area contributed by atoms with Gasteiger partial charge in [0, 0.05) is 44.9 Å². The number of likely N-dealkylation sites (N-methyl/N-ethyl adjacent to an activating group) is 2. The van der Waals surface area contributed by atoms with Gasteiger partial charge in [-0.05, 0) is 72.3 Å². The Bertz CT molecular complexity index is 1960. The Labute approximate surface area is 362 Å². The van der Waals surface area contributed by atoms with Crippen LogP contribution in [0.15, 0.2) is 34.7 Å². The van der Waals surface area contributed by atoms with Gasteiger partial charge in [-0.3, -0.25) is 14.6 Å². The molecular weight excluding hydrogens is 808 g/mol. The van der Waals surface area contributed by atoms with Crippen LogP contribution in [0.1, 0.15) is 99.6 Å². The van der Waals surface area contributed by atoms with Crippen molar-refractivity contribution < 1.29 is 66.4 Å². The molecule has 0 bridgehead atoms. The van der Waals surface area contributed by atoms with Gasteiger partial charge in [-0.15, -0.1) is 0 Å². The number of fused-ring (bicyclic) bond motifs is 2. The number of ether oxygens (including phenoxy) is 6. The Morgan fingerprint density at radius 3 is 1.44 bits per heavy atom. The van der Waals surface area contributed by atoms with Crippen molar-refractivity contribution in [1.82, 2.24) is 20.4 Å². The summed E-state index contributed by atoms with van der Waals surface area (Å²) in [5.41, 5.74) is -1.75. The predicted octanol–water partition coefficient (Wildman–Crippen LogP) is 7.62. The first-order valence-electron chi connectivity index (χ1n) is 20.4. The first-order chi connectivity index (χ1) is 28.8. The molecule has 0 unspecified atom stereocenters. The van der Waals surface area contributed by atoms with Crippen LogP contribution in [0.2, 0.25) is 0 Å². The summed E-state index contributed by atoms with van der Waals surface area (Å²) < 4.78 is 39.2. The second-order valence-corrected chi connectivity index (χ2v) is 17.6. The topological polar surface area (TPSA) is 219 Å². The lowest BCUT2D eigenvalue weighted by Crippen LogP contribution is -2.47.